The fourth-order valence-electron chi connectivity index (χ4n) is 4.68. The number of amides is 2. The van der Waals surface area contributed by atoms with Gasteiger partial charge in [-0.05, 0) is 30.7 Å². The molecule has 1 aromatic carbocycles. The van der Waals surface area contributed by atoms with E-state index >= 15 is 0 Å². The molecule has 2 amide bonds. The number of sulfonamides is 1. The molecule has 2 aliphatic heterocycles. The number of halogens is 3. The van der Waals surface area contributed by atoms with Crippen molar-refractivity contribution in [3.63, 3.8) is 0 Å². The van der Waals surface area contributed by atoms with Crippen LogP contribution in [0.4, 0.5) is 9.18 Å². The molecule has 0 aliphatic carbocycles. The second-order valence-corrected chi connectivity index (χ2v) is 11.7. The second-order valence-electron chi connectivity index (χ2n) is 8.92. The summed E-state index contributed by atoms with van der Waals surface area (Å²) >= 11 is 12.4. The van der Waals surface area contributed by atoms with Gasteiger partial charge in [0.25, 0.3) is 0 Å². The predicted molar refractivity (Wildman–Crippen MR) is 132 cm³/mol. The number of rotatable bonds is 5. The highest BCUT2D eigenvalue weighted by Crippen LogP contribution is 2.38. The molecule has 2 aliphatic rings. The molecule has 4 rings (SSSR count). The van der Waals surface area contributed by atoms with Crippen molar-refractivity contribution < 1.29 is 22.3 Å². The maximum atomic E-state index is 13.4. The van der Waals surface area contributed by atoms with E-state index in [9.17, 15) is 17.6 Å². The molecule has 0 bridgehead atoms. The van der Waals surface area contributed by atoms with E-state index in [-0.39, 0.29) is 37.1 Å². The number of carbonyl (C=O) groups is 1. The van der Waals surface area contributed by atoms with Gasteiger partial charge in [0.05, 0.1) is 22.5 Å². The Hall–Kier alpha value is -2.14. The van der Waals surface area contributed by atoms with Crippen LogP contribution in [0.5, 0.6) is 5.88 Å². The van der Waals surface area contributed by atoms with Crippen LogP contribution in [0.1, 0.15) is 18.4 Å². The smallest absolute Gasteiger partial charge is 0.320 e. The zero-order valence-electron chi connectivity index (χ0n) is 19.4. The van der Waals surface area contributed by atoms with Crippen molar-refractivity contribution in [1.82, 2.24) is 19.1 Å². The van der Waals surface area contributed by atoms with Gasteiger partial charge in [0.1, 0.15) is 11.9 Å². The summed E-state index contributed by atoms with van der Waals surface area (Å²) in [5.41, 5.74) is 0.934. The predicted octanol–water partition coefficient (Wildman–Crippen LogP) is 3.71. The monoisotopic (exact) mass is 544 g/mol. The number of likely N-dealkylation sites (tertiary alicyclic amines) is 1. The van der Waals surface area contributed by atoms with Crippen molar-refractivity contribution >= 4 is 39.3 Å². The lowest BCUT2D eigenvalue weighted by atomic mass is 9.86. The third kappa shape index (κ3) is 5.99. The Labute approximate surface area is 214 Å². The van der Waals surface area contributed by atoms with Gasteiger partial charge in [0.15, 0.2) is 0 Å². The number of hydrogen-bond donors (Lipinski definition) is 0. The standard InChI is InChI=1S/C23H27Cl2FN4O4S/c1-15(34-22-6-4-17(26)12-27-22)18-13-29(14-19(18)16-3-5-20(24)21(25)11-16)23(31)28-7-9-30(10-8-28)35(2,32)33/h3-6,11-12,15,18-19H,7-10,13-14H2,1-2H3/t15-,18+,19?/m1/s1. The number of pyridine rings is 1. The summed E-state index contributed by atoms with van der Waals surface area (Å²) < 4.78 is 44.3. The van der Waals surface area contributed by atoms with Crippen LogP contribution in [0, 0.1) is 11.7 Å². The average molecular weight is 545 g/mol. The van der Waals surface area contributed by atoms with Crippen LogP contribution in [0.2, 0.25) is 10.0 Å². The Morgan fingerprint density at radius 2 is 1.80 bits per heavy atom. The highest BCUT2D eigenvalue weighted by Gasteiger charge is 2.42. The maximum absolute atomic E-state index is 13.4. The number of nitrogens with zero attached hydrogens (tertiary/aromatic N) is 4. The van der Waals surface area contributed by atoms with Gasteiger partial charge in [-0.15, -0.1) is 0 Å². The average Bonchev–Trinajstić information content (AvgIpc) is 3.27. The summed E-state index contributed by atoms with van der Waals surface area (Å²) in [4.78, 5) is 20.8. The lowest BCUT2D eigenvalue weighted by Crippen LogP contribution is -2.53. The van der Waals surface area contributed by atoms with Gasteiger partial charge in [-0.2, -0.15) is 4.31 Å². The second kappa shape index (κ2) is 10.5. The van der Waals surface area contributed by atoms with Gasteiger partial charge in [-0.3, -0.25) is 0 Å². The quantitative estimate of drug-likeness (QED) is 0.573. The summed E-state index contributed by atoms with van der Waals surface area (Å²) in [7, 11) is -3.29. The first kappa shape index (κ1) is 25.9. The summed E-state index contributed by atoms with van der Waals surface area (Å²) in [6.07, 6.45) is 1.93. The van der Waals surface area contributed by atoms with Gasteiger partial charge in [-0.1, -0.05) is 29.3 Å². The number of aromatic nitrogens is 1. The number of piperazine rings is 1. The molecule has 0 radical (unpaired) electrons. The van der Waals surface area contributed by atoms with Gasteiger partial charge in [-0.25, -0.2) is 22.6 Å². The van der Waals surface area contributed by atoms with Gasteiger partial charge >= 0.3 is 6.03 Å². The van der Waals surface area contributed by atoms with E-state index < -0.39 is 15.8 Å². The molecule has 190 valence electrons. The largest absolute Gasteiger partial charge is 0.474 e. The van der Waals surface area contributed by atoms with Gasteiger partial charge in [0.2, 0.25) is 15.9 Å². The lowest BCUT2D eigenvalue weighted by molar-refractivity contribution is 0.126. The normalized spacial score (nSPS) is 22.3. The fraction of sp³-hybridized carbons (Fsp3) is 0.478. The molecule has 2 aromatic rings. The van der Waals surface area contributed by atoms with E-state index in [0.717, 1.165) is 11.8 Å². The van der Waals surface area contributed by atoms with Gasteiger partial charge < -0.3 is 14.5 Å². The molecule has 1 aromatic heterocycles. The Kier molecular flexibility index (Phi) is 7.75. The van der Waals surface area contributed by atoms with E-state index in [1.807, 2.05) is 19.1 Å². The third-order valence-electron chi connectivity index (χ3n) is 6.60. The Morgan fingerprint density at radius 1 is 1.09 bits per heavy atom. The van der Waals surface area contributed by atoms with Crippen LogP contribution in [0.3, 0.4) is 0 Å². The van der Waals surface area contributed by atoms with Crippen LogP contribution < -0.4 is 4.74 Å². The molecule has 0 saturated carbocycles. The van der Waals surface area contributed by atoms with Crippen LogP contribution in [0.25, 0.3) is 0 Å². The molecular formula is C23H27Cl2FN4O4S. The Bertz CT molecular complexity index is 1180. The highest BCUT2D eigenvalue weighted by molar-refractivity contribution is 7.88. The molecule has 12 heteroatoms. The molecule has 8 nitrogen and oxygen atoms in total. The molecule has 35 heavy (non-hydrogen) atoms. The fourth-order valence-corrected chi connectivity index (χ4v) is 5.81. The SMILES string of the molecule is C[C@@H](Oc1ccc(F)cn1)[C@@H]1CN(C(=O)N2CCN(S(C)(=O)=O)CC2)CC1c1ccc(Cl)c(Cl)c1. The third-order valence-corrected chi connectivity index (χ3v) is 8.64. The molecule has 3 atom stereocenters. The highest BCUT2D eigenvalue weighted by atomic mass is 35.5. The minimum absolute atomic E-state index is 0.0820. The topological polar surface area (TPSA) is 83.1 Å². The lowest BCUT2D eigenvalue weighted by Gasteiger charge is -2.35. The summed E-state index contributed by atoms with van der Waals surface area (Å²) in [5.74, 6) is -0.331. The minimum Gasteiger partial charge on any atom is -0.474 e. The van der Waals surface area contributed by atoms with Crippen LogP contribution >= 0.6 is 23.2 Å². The first-order valence-corrected chi connectivity index (χ1v) is 13.9. The molecule has 2 fully saturated rings. The first-order chi connectivity index (χ1) is 16.5. The summed E-state index contributed by atoms with van der Waals surface area (Å²) in [6.45, 7) is 3.98. The van der Waals surface area contributed by atoms with E-state index in [1.165, 1.54) is 22.7 Å². The Balaban J connectivity index is 1.52. The van der Waals surface area contributed by atoms with Crippen molar-refractivity contribution in [3.05, 3.63) is 58.0 Å². The zero-order valence-corrected chi connectivity index (χ0v) is 21.7. The number of urea groups is 1. The van der Waals surface area contributed by atoms with Gasteiger partial charge in [0, 0.05) is 57.2 Å². The van der Waals surface area contributed by atoms with E-state index in [0.29, 0.717) is 42.1 Å². The van der Waals surface area contributed by atoms with Crippen LogP contribution in [0.15, 0.2) is 36.5 Å². The maximum Gasteiger partial charge on any atom is 0.320 e. The summed E-state index contributed by atoms with van der Waals surface area (Å²) in [5, 5.41) is 0.875. The van der Waals surface area contributed by atoms with Crippen molar-refractivity contribution in [3.8, 4) is 5.88 Å². The zero-order chi connectivity index (χ0) is 25.3. The number of ether oxygens (including phenoxy) is 1. The van der Waals surface area contributed by atoms with Crippen molar-refractivity contribution in [1.29, 1.82) is 0 Å². The van der Waals surface area contributed by atoms with E-state index in [1.54, 1.807) is 15.9 Å². The summed E-state index contributed by atoms with van der Waals surface area (Å²) in [6, 6.07) is 8.05. The molecule has 1 unspecified atom stereocenters. The number of hydrogen-bond acceptors (Lipinski definition) is 5. The number of benzene rings is 1. The number of carbonyl (C=O) groups excluding carboxylic acids is 1. The van der Waals surface area contributed by atoms with Crippen molar-refractivity contribution in [2.75, 3.05) is 45.5 Å². The van der Waals surface area contributed by atoms with Crippen LogP contribution in [-0.2, 0) is 10.0 Å². The van der Waals surface area contributed by atoms with Crippen molar-refractivity contribution in [2.45, 2.75) is 18.9 Å². The molecule has 0 N–H and O–H groups in total. The molecule has 3 heterocycles. The molecular weight excluding hydrogens is 518 g/mol. The molecule has 2 saturated heterocycles. The first-order valence-electron chi connectivity index (χ1n) is 11.2. The minimum atomic E-state index is -3.29. The van der Waals surface area contributed by atoms with E-state index in [2.05, 4.69) is 4.98 Å². The molecule has 0 spiro atoms. The van der Waals surface area contributed by atoms with E-state index in [4.69, 9.17) is 27.9 Å². The van der Waals surface area contributed by atoms with Crippen LogP contribution in [-0.4, -0.2) is 85.2 Å². The van der Waals surface area contributed by atoms with Crippen molar-refractivity contribution in [2.24, 2.45) is 5.92 Å². The Morgan fingerprint density at radius 3 is 2.40 bits per heavy atom.